The normalized spacial score (nSPS) is 19.8. The van der Waals surface area contributed by atoms with Gasteiger partial charge in [0.2, 0.25) is 0 Å². The molecule has 2 heterocycles. The highest BCUT2D eigenvalue weighted by Crippen LogP contribution is 2.46. The molecule has 1 aromatic carbocycles. The minimum absolute atomic E-state index is 0.365. The van der Waals surface area contributed by atoms with Gasteiger partial charge in [0.25, 0.3) is 0 Å². The Morgan fingerprint density at radius 3 is 2.83 bits per heavy atom. The average Bonchev–Trinajstić information content (AvgIpc) is 2.93. The Hall–Kier alpha value is -0.770. The lowest BCUT2D eigenvalue weighted by Gasteiger charge is -2.08. The third-order valence-corrected chi connectivity index (χ3v) is 6.19. The fourth-order valence-corrected chi connectivity index (χ4v) is 4.98. The first-order chi connectivity index (χ1) is 8.74. The molecule has 0 amide bonds. The van der Waals surface area contributed by atoms with Crippen molar-refractivity contribution >= 4 is 23.1 Å². The quantitative estimate of drug-likeness (QED) is 0.905. The van der Waals surface area contributed by atoms with Crippen molar-refractivity contribution in [2.75, 3.05) is 5.75 Å². The average molecular weight is 276 g/mol. The number of benzene rings is 1. The highest BCUT2D eigenvalue weighted by atomic mass is 32.2. The van der Waals surface area contributed by atoms with E-state index in [-0.39, 0.29) is 6.10 Å². The van der Waals surface area contributed by atoms with E-state index < -0.39 is 0 Å². The summed E-state index contributed by atoms with van der Waals surface area (Å²) >= 11 is 3.71. The van der Waals surface area contributed by atoms with E-state index in [4.69, 9.17) is 0 Å². The second-order valence-electron chi connectivity index (χ2n) is 4.79. The molecule has 0 radical (unpaired) electrons. The summed E-state index contributed by atoms with van der Waals surface area (Å²) in [5.41, 5.74) is 1.19. The summed E-state index contributed by atoms with van der Waals surface area (Å²) in [5, 5.41) is 10.3. The summed E-state index contributed by atoms with van der Waals surface area (Å²) in [4.78, 5) is 3.96. The Bertz CT molecular complexity index is 533. The molecule has 0 saturated carbocycles. The van der Waals surface area contributed by atoms with Crippen LogP contribution >= 0.6 is 23.1 Å². The summed E-state index contributed by atoms with van der Waals surface area (Å²) in [5.74, 6) is 1.84. The zero-order valence-electron chi connectivity index (χ0n) is 10.3. The second-order valence-corrected chi connectivity index (χ2v) is 6.97. The topological polar surface area (TPSA) is 20.2 Å². The Kier molecular flexibility index (Phi) is 3.46. The van der Waals surface area contributed by atoms with Gasteiger partial charge in [-0.25, -0.2) is 0 Å². The standard InChI is InChI=1S/C15H16OS2/c1-10-9-17-14-8-13(18-15(10)14)12(16)7-11-5-3-2-4-6-11/h2-6,8,10,12,16H,7,9H2,1H3. The first-order valence-corrected chi connectivity index (χ1v) is 8.02. The molecule has 0 bridgehead atoms. The third kappa shape index (κ3) is 2.35. The van der Waals surface area contributed by atoms with Gasteiger partial charge in [-0.3, -0.25) is 0 Å². The van der Waals surface area contributed by atoms with Gasteiger partial charge in [-0.2, -0.15) is 0 Å². The number of thiophene rings is 1. The molecule has 3 rings (SSSR count). The van der Waals surface area contributed by atoms with Gasteiger partial charge in [0.05, 0.1) is 6.10 Å². The summed E-state index contributed by atoms with van der Waals surface area (Å²) in [6.07, 6.45) is 0.343. The highest BCUT2D eigenvalue weighted by molar-refractivity contribution is 7.99. The van der Waals surface area contributed by atoms with E-state index in [2.05, 4.69) is 25.1 Å². The molecule has 2 aromatic rings. The van der Waals surface area contributed by atoms with Gasteiger partial charge in [0.15, 0.2) is 0 Å². The van der Waals surface area contributed by atoms with Crippen molar-refractivity contribution in [1.29, 1.82) is 0 Å². The van der Waals surface area contributed by atoms with Crippen LogP contribution < -0.4 is 0 Å². The van der Waals surface area contributed by atoms with E-state index in [0.29, 0.717) is 12.3 Å². The van der Waals surface area contributed by atoms with E-state index in [1.54, 1.807) is 11.3 Å². The molecule has 1 aromatic heterocycles. The number of hydrogen-bond acceptors (Lipinski definition) is 3. The molecule has 1 aliphatic heterocycles. The first-order valence-electron chi connectivity index (χ1n) is 6.22. The van der Waals surface area contributed by atoms with Crippen LogP contribution in [0.5, 0.6) is 0 Å². The molecule has 0 spiro atoms. The smallest absolute Gasteiger partial charge is 0.0922 e. The van der Waals surface area contributed by atoms with E-state index in [9.17, 15) is 5.11 Å². The molecule has 94 valence electrons. The molecule has 1 nitrogen and oxygen atoms in total. The van der Waals surface area contributed by atoms with Gasteiger partial charge in [-0.05, 0) is 11.6 Å². The lowest BCUT2D eigenvalue weighted by molar-refractivity contribution is 0.182. The summed E-state index contributed by atoms with van der Waals surface area (Å²) < 4.78 is 0. The summed E-state index contributed by atoms with van der Waals surface area (Å²) in [6.45, 7) is 2.27. The number of hydrogen-bond donors (Lipinski definition) is 1. The Morgan fingerprint density at radius 1 is 1.33 bits per heavy atom. The minimum atomic E-state index is -0.365. The number of rotatable bonds is 3. The monoisotopic (exact) mass is 276 g/mol. The Morgan fingerprint density at radius 2 is 2.11 bits per heavy atom. The zero-order valence-corrected chi connectivity index (χ0v) is 11.9. The number of fused-ring (bicyclic) bond motifs is 1. The van der Waals surface area contributed by atoms with E-state index in [1.807, 2.05) is 30.0 Å². The zero-order chi connectivity index (χ0) is 12.5. The molecule has 3 heteroatoms. The SMILES string of the molecule is CC1CSc2cc(C(O)Cc3ccccc3)sc21. The fourth-order valence-electron chi connectivity index (χ4n) is 2.26. The minimum Gasteiger partial charge on any atom is -0.387 e. The van der Waals surface area contributed by atoms with Crippen LogP contribution in [0.3, 0.4) is 0 Å². The molecule has 0 saturated heterocycles. The Balaban J connectivity index is 1.77. The molecule has 18 heavy (non-hydrogen) atoms. The predicted octanol–water partition coefficient (Wildman–Crippen LogP) is 4.23. The molecule has 2 unspecified atom stereocenters. The first kappa shape index (κ1) is 12.3. The molecule has 1 aliphatic rings. The summed E-state index contributed by atoms with van der Waals surface area (Å²) in [7, 11) is 0. The molecule has 0 aliphatic carbocycles. The lowest BCUT2D eigenvalue weighted by atomic mass is 10.1. The molecular formula is C15H16OS2. The van der Waals surface area contributed by atoms with Gasteiger partial charge >= 0.3 is 0 Å². The van der Waals surface area contributed by atoms with Crippen LogP contribution in [0, 0.1) is 0 Å². The lowest BCUT2D eigenvalue weighted by Crippen LogP contribution is -1.99. The van der Waals surface area contributed by atoms with Crippen LogP contribution in [0.2, 0.25) is 0 Å². The van der Waals surface area contributed by atoms with Gasteiger partial charge in [0, 0.05) is 32.7 Å². The van der Waals surface area contributed by atoms with Crippen molar-refractivity contribution in [1.82, 2.24) is 0 Å². The van der Waals surface area contributed by atoms with E-state index >= 15 is 0 Å². The fraction of sp³-hybridized carbons (Fsp3) is 0.333. The number of thioether (sulfide) groups is 1. The van der Waals surface area contributed by atoms with Crippen molar-refractivity contribution in [3.63, 3.8) is 0 Å². The Labute approximate surface area is 116 Å². The van der Waals surface area contributed by atoms with Gasteiger partial charge in [0.1, 0.15) is 0 Å². The van der Waals surface area contributed by atoms with Gasteiger partial charge in [-0.1, -0.05) is 37.3 Å². The molecule has 0 fully saturated rings. The van der Waals surface area contributed by atoms with Crippen molar-refractivity contribution in [3.8, 4) is 0 Å². The van der Waals surface area contributed by atoms with Crippen molar-refractivity contribution in [2.24, 2.45) is 0 Å². The maximum absolute atomic E-state index is 10.3. The third-order valence-electron chi connectivity index (χ3n) is 3.28. The van der Waals surface area contributed by atoms with Crippen LogP contribution in [0.15, 0.2) is 41.3 Å². The van der Waals surface area contributed by atoms with E-state index in [1.165, 1.54) is 21.1 Å². The highest BCUT2D eigenvalue weighted by Gasteiger charge is 2.24. The maximum Gasteiger partial charge on any atom is 0.0922 e. The predicted molar refractivity (Wildman–Crippen MR) is 78.6 cm³/mol. The largest absolute Gasteiger partial charge is 0.387 e. The van der Waals surface area contributed by atoms with Crippen LogP contribution in [-0.4, -0.2) is 10.9 Å². The van der Waals surface area contributed by atoms with Gasteiger partial charge in [-0.15, -0.1) is 23.1 Å². The van der Waals surface area contributed by atoms with Crippen molar-refractivity contribution in [2.45, 2.75) is 30.3 Å². The van der Waals surface area contributed by atoms with Gasteiger partial charge < -0.3 is 5.11 Å². The maximum atomic E-state index is 10.3. The summed E-state index contributed by atoms with van der Waals surface area (Å²) in [6, 6.07) is 12.4. The van der Waals surface area contributed by atoms with E-state index in [0.717, 1.165) is 4.88 Å². The molecular weight excluding hydrogens is 260 g/mol. The van der Waals surface area contributed by atoms with Crippen LogP contribution in [0.1, 0.15) is 34.3 Å². The number of aliphatic hydroxyl groups excluding tert-OH is 1. The van der Waals surface area contributed by atoms with Crippen molar-refractivity contribution < 1.29 is 5.11 Å². The number of aliphatic hydroxyl groups is 1. The second kappa shape index (κ2) is 5.08. The van der Waals surface area contributed by atoms with Crippen LogP contribution in [-0.2, 0) is 6.42 Å². The van der Waals surface area contributed by atoms with Crippen molar-refractivity contribution in [3.05, 3.63) is 51.7 Å². The van der Waals surface area contributed by atoms with Crippen LogP contribution in [0.4, 0.5) is 0 Å². The molecule has 2 atom stereocenters. The van der Waals surface area contributed by atoms with Crippen LogP contribution in [0.25, 0.3) is 0 Å². The molecule has 1 N–H and O–H groups in total.